The molecular weight excluding hydrogens is 154 g/mol. The van der Waals surface area contributed by atoms with Gasteiger partial charge in [-0.25, -0.2) is 0 Å². The smallest absolute Gasteiger partial charge is 0.401 e. The molecule has 0 aliphatic carbocycles. The second kappa shape index (κ2) is 4.58. The minimum atomic E-state index is -2.27. The van der Waals surface area contributed by atoms with Gasteiger partial charge in [0.2, 0.25) is 0 Å². The zero-order valence-electron chi connectivity index (χ0n) is 6.60. The Hall–Kier alpha value is -1.21. The number of hydrogen-bond acceptors (Lipinski definition) is 5. The Morgan fingerprint density at radius 2 is 1.55 bits per heavy atom. The molecule has 0 aliphatic rings. The van der Waals surface area contributed by atoms with E-state index in [2.05, 4.69) is 0 Å². The molecule has 0 rings (SSSR count). The van der Waals surface area contributed by atoms with Crippen molar-refractivity contribution in [3.05, 3.63) is 10.1 Å². The van der Waals surface area contributed by atoms with Gasteiger partial charge in [-0.1, -0.05) is 0 Å². The highest BCUT2D eigenvalue weighted by molar-refractivity contribution is 5.51. The SMILES string of the molecule is C[N+](C)(C)N.O=C([O-])[N+](=O)[O-]. The van der Waals surface area contributed by atoms with E-state index in [1.54, 1.807) is 0 Å². The number of hydrogen-bond donors (Lipinski definition) is 1. The van der Waals surface area contributed by atoms with Gasteiger partial charge in [0.15, 0.2) is 0 Å². The average Bonchev–Trinajstić information content (AvgIpc) is 1.59. The molecule has 0 atom stereocenters. The van der Waals surface area contributed by atoms with Gasteiger partial charge in [0.05, 0.1) is 26.1 Å². The summed E-state index contributed by atoms with van der Waals surface area (Å²) in [4.78, 5) is 16.2. The molecule has 0 aromatic rings. The number of nitrogens with two attached hydrogens (primary N) is 1. The van der Waals surface area contributed by atoms with Crippen molar-refractivity contribution in [3.63, 3.8) is 0 Å². The van der Waals surface area contributed by atoms with E-state index in [0.717, 1.165) is 0 Å². The van der Waals surface area contributed by atoms with Crippen molar-refractivity contribution >= 4 is 6.09 Å². The predicted octanol–water partition coefficient (Wildman–Crippen LogP) is -1.83. The normalized spacial score (nSPS) is 9.45. The van der Waals surface area contributed by atoms with Crippen LogP contribution in [0.3, 0.4) is 0 Å². The Kier molecular flexibility index (Phi) is 5.19. The van der Waals surface area contributed by atoms with Crippen LogP contribution >= 0.6 is 0 Å². The predicted molar refractivity (Wildman–Crippen MR) is 34.6 cm³/mol. The summed E-state index contributed by atoms with van der Waals surface area (Å²) in [6.45, 7) is 0. The molecule has 0 fully saturated rings. The zero-order valence-corrected chi connectivity index (χ0v) is 6.60. The molecule has 0 saturated carbocycles. The summed E-state index contributed by atoms with van der Waals surface area (Å²) in [5.74, 6) is 5.29. The van der Waals surface area contributed by atoms with Crippen molar-refractivity contribution in [2.45, 2.75) is 0 Å². The third kappa shape index (κ3) is 52.1. The van der Waals surface area contributed by atoms with Crippen molar-refractivity contribution in [1.82, 2.24) is 0 Å². The van der Waals surface area contributed by atoms with Gasteiger partial charge in [-0.15, -0.1) is 0 Å². The molecule has 0 heterocycles. The molecular formula is C4H11N3O4. The first-order valence-electron chi connectivity index (χ1n) is 2.60. The van der Waals surface area contributed by atoms with Crippen LogP contribution in [-0.2, 0) is 0 Å². The molecule has 66 valence electrons. The Bertz CT molecular complexity index is 132. The molecule has 7 heteroatoms. The average molecular weight is 165 g/mol. The van der Waals surface area contributed by atoms with Crippen molar-refractivity contribution < 1.29 is 19.4 Å². The van der Waals surface area contributed by atoms with Crippen LogP contribution in [0.2, 0.25) is 0 Å². The summed E-state index contributed by atoms with van der Waals surface area (Å²) < 4.78 is 0.500. The Morgan fingerprint density at radius 3 is 1.55 bits per heavy atom. The largest absolute Gasteiger partial charge is 0.486 e. The van der Waals surface area contributed by atoms with E-state index < -0.39 is 11.0 Å². The number of nitro groups is 1. The first kappa shape index (κ1) is 12.5. The highest BCUT2D eigenvalue weighted by Crippen LogP contribution is 1.65. The first-order valence-corrected chi connectivity index (χ1v) is 2.60. The van der Waals surface area contributed by atoms with Crippen LogP contribution in [0.4, 0.5) is 4.79 Å². The van der Waals surface area contributed by atoms with Crippen LogP contribution in [0.25, 0.3) is 0 Å². The third-order valence-electron chi connectivity index (χ3n) is 0.149. The fourth-order valence-electron chi connectivity index (χ4n) is 0. The molecule has 0 radical (unpaired) electrons. The van der Waals surface area contributed by atoms with E-state index >= 15 is 0 Å². The van der Waals surface area contributed by atoms with Gasteiger partial charge in [-0.3, -0.25) is 14.7 Å². The topological polar surface area (TPSA) is 109 Å². The summed E-state index contributed by atoms with van der Waals surface area (Å²) in [5, 5.41) is 17.7. The number of carbonyl (C=O) groups is 1. The summed E-state index contributed by atoms with van der Waals surface area (Å²) in [6, 6.07) is 0. The third-order valence-corrected chi connectivity index (χ3v) is 0.149. The number of quaternary nitrogens is 1. The van der Waals surface area contributed by atoms with Gasteiger partial charge in [-0.2, -0.15) is 5.84 Å². The molecule has 0 saturated heterocycles. The summed E-state index contributed by atoms with van der Waals surface area (Å²) in [7, 11) is 5.71. The lowest BCUT2D eigenvalue weighted by Gasteiger charge is -2.12. The number of carboxylic acid groups (broad SMARTS) is 1. The van der Waals surface area contributed by atoms with Crippen LogP contribution in [0.5, 0.6) is 0 Å². The van der Waals surface area contributed by atoms with E-state index in [1.165, 1.54) is 0 Å². The second-order valence-electron chi connectivity index (χ2n) is 2.64. The van der Waals surface area contributed by atoms with Crippen LogP contribution in [0, 0.1) is 10.1 Å². The van der Waals surface area contributed by atoms with Crippen molar-refractivity contribution in [1.29, 1.82) is 0 Å². The van der Waals surface area contributed by atoms with Gasteiger partial charge in [0.1, 0.15) is 0 Å². The first-order chi connectivity index (χ1) is 4.64. The maximum absolute atomic E-state index is 8.89. The molecule has 0 aromatic heterocycles. The number of amides is 1. The molecule has 2 N–H and O–H groups in total. The molecule has 0 aliphatic heterocycles. The Morgan fingerprint density at radius 1 is 1.45 bits per heavy atom. The number of nitrogens with zero attached hydrogens (tertiary/aromatic N) is 2. The molecule has 0 aromatic carbocycles. The summed E-state index contributed by atoms with van der Waals surface area (Å²) >= 11 is 0. The van der Waals surface area contributed by atoms with Crippen LogP contribution < -0.4 is 10.9 Å². The highest BCUT2D eigenvalue weighted by atomic mass is 16.7. The van der Waals surface area contributed by atoms with Crippen molar-refractivity contribution in [2.75, 3.05) is 21.1 Å². The quantitative estimate of drug-likeness (QED) is 0.196. The van der Waals surface area contributed by atoms with E-state index in [0.29, 0.717) is 4.59 Å². The maximum Gasteiger partial charge on any atom is 0.401 e. The van der Waals surface area contributed by atoms with Gasteiger partial charge in [0, 0.05) is 0 Å². The maximum atomic E-state index is 8.89. The molecule has 0 unspecified atom stereocenters. The highest BCUT2D eigenvalue weighted by Gasteiger charge is 1.91. The van der Waals surface area contributed by atoms with Gasteiger partial charge >= 0.3 is 6.09 Å². The van der Waals surface area contributed by atoms with Gasteiger partial charge < -0.3 is 9.90 Å². The minimum Gasteiger partial charge on any atom is -0.486 e. The lowest BCUT2D eigenvalue weighted by molar-refractivity contribution is -0.882. The number of carbonyl (C=O) groups excluding carboxylic acids is 1. The zero-order chi connectivity index (χ0) is 9.65. The molecule has 0 spiro atoms. The minimum absolute atomic E-state index is 0.500. The summed E-state index contributed by atoms with van der Waals surface area (Å²) in [5.41, 5.74) is 0. The molecule has 1 amide bonds. The Balaban J connectivity index is 0. The van der Waals surface area contributed by atoms with E-state index in [4.69, 9.17) is 25.9 Å². The second-order valence-corrected chi connectivity index (χ2v) is 2.64. The van der Waals surface area contributed by atoms with Gasteiger partial charge in [0.25, 0.3) is 0 Å². The number of rotatable bonds is 0. The molecule has 0 bridgehead atoms. The van der Waals surface area contributed by atoms with E-state index in [-0.39, 0.29) is 0 Å². The molecule has 7 nitrogen and oxygen atoms in total. The van der Waals surface area contributed by atoms with Crippen LogP contribution in [0.15, 0.2) is 0 Å². The van der Waals surface area contributed by atoms with Gasteiger partial charge in [-0.05, 0) is 0 Å². The lowest BCUT2D eigenvalue weighted by atomic mass is 10.9. The summed E-state index contributed by atoms with van der Waals surface area (Å²) in [6.07, 6.45) is -2.27. The van der Waals surface area contributed by atoms with Crippen molar-refractivity contribution in [3.8, 4) is 0 Å². The monoisotopic (exact) mass is 165 g/mol. The fourth-order valence-corrected chi connectivity index (χ4v) is 0. The standard InChI is InChI=1S/C3H11N2.CHNO4/c1-5(2,3)4;3-1(4)2(5)6/h4H2,1-3H3;(H,3,4)/q+1;/p-1. The van der Waals surface area contributed by atoms with Crippen molar-refractivity contribution in [2.24, 2.45) is 5.84 Å². The lowest BCUT2D eigenvalue weighted by Crippen LogP contribution is -2.41. The molecule has 11 heavy (non-hydrogen) atoms. The Labute approximate surface area is 63.7 Å². The fraction of sp³-hybridized carbons (Fsp3) is 0.750. The van der Waals surface area contributed by atoms with E-state index in [9.17, 15) is 0 Å². The van der Waals surface area contributed by atoms with Crippen LogP contribution in [0.1, 0.15) is 0 Å². The van der Waals surface area contributed by atoms with E-state index in [1.807, 2.05) is 21.1 Å². The van der Waals surface area contributed by atoms with Crippen LogP contribution in [-0.4, -0.2) is 36.8 Å².